The van der Waals surface area contributed by atoms with Crippen LogP contribution in [0.3, 0.4) is 0 Å². The largest absolute Gasteiger partial charge is 0.394 e. The van der Waals surface area contributed by atoms with Crippen LogP contribution in [0.25, 0.3) is 0 Å². The zero-order chi connectivity index (χ0) is 22.3. The number of benzene rings is 1. The molecule has 1 aromatic carbocycles. The molecule has 4 N–H and O–H groups in total. The molecule has 0 bridgehead atoms. The fourth-order valence-electron chi connectivity index (χ4n) is 4.77. The summed E-state index contributed by atoms with van der Waals surface area (Å²) in [6.07, 6.45) is -3.22. The minimum absolute atomic E-state index is 0.286. The van der Waals surface area contributed by atoms with E-state index < -0.39 is 37.3 Å². The highest BCUT2D eigenvalue weighted by atomic mass is 35.5. The second-order valence-electron chi connectivity index (χ2n) is 8.10. The Bertz CT molecular complexity index is 942. The van der Waals surface area contributed by atoms with Crippen molar-refractivity contribution >= 4 is 24.2 Å². The maximum atomic E-state index is 10.7. The van der Waals surface area contributed by atoms with Crippen LogP contribution >= 0.6 is 24.2 Å². The number of halogens is 1. The quantitative estimate of drug-likeness (QED) is 0.434. The van der Waals surface area contributed by atoms with Gasteiger partial charge in [0.15, 0.2) is 6.23 Å². The zero-order valence-electron chi connectivity index (χ0n) is 16.7. The van der Waals surface area contributed by atoms with Crippen molar-refractivity contribution in [3.8, 4) is 6.07 Å². The number of ether oxygens (including phenoxy) is 1. The minimum Gasteiger partial charge on any atom is -0.394 e. The van der Waals surface area contributed by atoms with Crippen molar-refractivity contribution in [3.63, 3.8) is 0 Å². The molecule has 0 amide bonds. The normalized spacial score (nSPS) is 33.9. The van der Waals surface area contributed by atoms with Crippen LogP contribution in [-0.2, 0) is 4.74 Å². The van der Waals surface area contributed by atoms with E-state index in [1.165, 1.54) is 0 Å². The van der Waals surface area contributed by atoms with E-state index in [0.29, 0.717) is 22.0 Å². The molecule has 1 aromatic rings. The van der Waals surface area contributed by atoms with Gasteiger partial charge in [0, 0.05) is 16.6 Å². The highest BCUT2D eigenvalue weighted by molar-refractivity contribution is 7.84. The lowest BCUT2D eigenvalue weighted by Gasteiger charge is -2.49. The smallest absolute Gasteiger partial charge is 0.163 e. The van der Waals surface area contributed by atoms with Gasteiger partial charge in [0.1, 0.15) is 24.4 Å². The van der Waals surface area contributed by atoms with Crippen LogP contribution in [0.2, 0.25) is 5.02 Å². The van der Waals surface area contributed by atoms with E-state index in [2.05, 4.69) is 18.7 Å². The van der Waals surface area contributed by atoms with Crippen molar-refractivity contribution < 1.29 is 25.2 Å². The maximum Gasteiger partial charge on any atom is 0.163 e. The molecule has 0 saturated carbocycles. The van der Waals surface area contributed by atoms with E-state index in [0.717, 1.165) is 36.1 Å². The van der Waals surface area contributed by atoms with Gasteiger partial charge in [-0.15, -0.1) is 12.6 Å². The summed E-state index contributed by atoms with van der Waals surface area (Å²) in [6.45, 7) is -0.523. The molecule has 0 unspecified atom stereocenters. The first-order valence-electron chi connectivity index (χ1n) is 10.3. The lowest BCUT2D eigenvalue weighted by Crippen LogP contribution is -2.63. The molecule has 0 aromatic heterocycles. The third-order valence-corrected chi connectivity index (χ3v) is 7.03. The topological polar surface area (TPSA) is 117 Å². The fourth-order valence-corrected chi connectivity index (χ4v) is 5.31. The number of aliphatic hydroxyl groups excluding tert-OH is 4. The Labute approximate surface area is 191 Å². The predicted octanol–water partition coefficient (Wildman–Crippen LogP) is 2.03. The van der Waals surface area contributed by atoms with Crippen LogP contribution in [0.4, 0.5) is 0 Å². The second kappa shape index (κ2) is 9.12. The molecule has 1 aliphatic carbocycles. The van der Waals surface area contributed by atoms with Crippen LogP contribution in [0.5, 0.6) is 0 Å². The number of hydrogen-bond acceptors (Lipinski definition) is 8. The molecule has 6 atom stereocenters. The molecule has 166 valence electrons. The van der Waals surface area contributed by atoms with Gasteiger partial charge in [-0.05, 0) is 49.0 Å². The molecule has 1 fully saturated rings. The van der Waals surface area contributed by atoms with Gasteiger partial charge in [-0.1, -0.05) is 23.7 Å². The maximum absolute atomic E-state index is 10.7. The number of nitriles is 1. The average Bonchev–Trinajstić information content (AvgIpc) is 2.78. The van der Waals surface area contributed by atoms with E-state index in [4.69, 9.17) is 16.3 Å². The zero-order valence-corrected chi connectivity index (χ0v) is 18.4. The molecular formula is C22H25ClN2O5S. The van der Waals surface area contributed by atoms with E-state index >= 15 is 0 Å². The first kappa shape index (κ1) is 22.6. The third kappa shape index (κ3) is 3.89. The first-order chi connectivity index (χ1) is 14.9. The molecule has 2 aliphatic heterocycles. The summed E-state index contributed by atoms with van der Waals surface area (Å²) >= 11 is 10.7. The molecular weight excluding hydrogens is 440 g/mol. The van der Waals surface area contributed by atoms with E-state index in [-0.39, 0.29) is 5.92 Å². The average molecular weight is 465 g/mol. The Hall–Kier alpha value is -1.57. The predicted molar refractivity (Wildman–Crippen MR) is 117 cm³/mol. The van der Waals surface area contributed by atoms with Gasteiger partial charge in [0.25, 0.3) is 0 Å². The van der Waals surface area contributed by atoms with Gasteiger partial charge in [-0.2, -0.15) is 5.26 Å². The van der Waals surface area contributed by atoms with Crippen molar-refractivity contribution in [3.05, 3.63) is 56.7 Å². The number of allylic oxidation sites excluding steroid dienone is 3. The number of rotatable bonds is 3. The van der Waals surface area contributed by atoms with Crippen molar-refractivity contribution in [2.24, 2.45) is 0 Å². The second-order valence-corrected chi connectivity index (χ2v) is 8.96. The van der Waals surface area contributed by atoms with Gasteiger partial charge < -0.3 is 30.1 Å². The SMILES string of the molecule is N#CC1=C(S)N([C@@H]2O[C@H](CO)[C@H](O)[C@H](O)[C@H]2O)C2=C(CCCC2)[C@H]1c1ccc(Cl)cc1. The fraction of sp³-hybridized carbons (Fsp3) is 0.500. The summed E-state index contributed by atoms with van der Waals surface area (Å²) in [5.41, 5.74) is 3.26. The summed E-state index contributed by atoms with van der Waals surface area (Å²) in [6, 6.07) is 9.65. The van der Waals surface area contributed by atoms with E-state index in [1.807, 2.05) is 12.1 Å². The number of thiol groups is 1. The van der Waals surface area contributed by atoms with Crippen LogP contribution in [0.1, 0.15) is 37.2 Å². The Morgan fingerprint density at radius 3 is 2.42 bits per heavy atom. The van der Waals surface area contributed by atoms with Crippen LogP contribution in [0, 0.1) is 11.3 Å². The van der Waals surface area contributed by atoms with Crippen LogP contribution < -0.4 is 0 Å². The van der Waals surface area contributed by atoms with Crippen molar-refractivity contribution in [1.29, 1.82) is 5.26 Å². The highest BCUT2D eigenvalue weighted by Gasteiger charge is 2.49. The lowest BCUT2D eigenvalue weighted by molar-refractivity contribution is -0.255. The Morgan fingerprint density at radius 2 is 1.77 bits per heavy atom. The number of nitrogens with zero attached hydrogens (tertiary/aromatic N) is 2. The first-order valence-corrected chi connectivity index (χ1v) is 11.1. The summed E-state index contributed by atoms with van der Waals surface area (Å²) in [5.74, 6) is -0.286. The molecule has 0 radical (unpaired) electrons. The lowest BCUT2D eigenvalue weighted by atomic mass is 9.76. The Morgan fingerprint density at radius 1 is 1.10 bits per heavy atom. The summed E-state index contributed by atoms with van der Waals surface area (Å²) in [5, 5.41) is 51.8. The minimum atomic E-state index is -1.51. The summed E-state index contributed by atoms with van der Waals surface area (Å²) in [4.78, 5) is 1.66. The Balaban J connectivity index is 1.82. The highest BCUT2D eigenvalue weighted by Crippen LogP contribution is 2.49. The molecule has 1 saturated heterocycles. The van der Waals surface area contributed by atoms with Crippen molar-refractivity contribution in [1.82, 2.24) is 4.90 Å². The third-order valence-electron chi connectivity index (χ3n) is 6.32. The van der Waals surface area contributed by atoms with Gasteiger partial charge in [-0.3, -0.25) is 0 Å². The van der Waals surface area contributed by atoms with Crippen molar-refractivity contribution in [2.45, 2.75) is 62.2 Å². The molecule has 3 aliphatic rings. The molecule has 9 heteroatoms. The summed E-state index contributed by atoms with van der Waals surface area (Å²) < 4.78 is 5.81. The number of aliphatic hydroxyl groups is 4. The molecule has 2 heterocycles. The summed E-state index contributed by atoms with van der Waals surface area (Å²) in [7, 11) is 0. The van der Waals surface area contributed by atoms with Crippen LogP contribution in [0.15, 0.2) is 46.1 Å². The van der Waals surface area contributed by atoms with Gasteiger partial charge in [0.05, 0.1) is 23.3 Å². The van der Waals surface area contributed by atoms with Crippen LogP contribution in [-0.4, -0.2) is 62.6 Å². The molecule has 7 nitrogen and oxygen atoms in total. The van der Waals surface area contributed by atoms with Crippen molar-refractivity contribution in [2.75, 3.05) is 6.61 Å². The Kier molecular flexibility index (Phi) is 6.65. The molecule has 4 rings (SSSR count). The van der Waals surface area contributed by atoms with E-state index in [1.54, 1.807) is 17.0 Å². The van der Waals surface area contributed by atoms with Gasteiger partial charge in [-0.25, -0.2) is 0 Å². The van der Waals surface area contributed by atoms with Gasteiger partial charge >= 0.3 is 0 Å². The molecule has 31 heavy (non-hydrogen) atoms. The van der Waals surface area contributed by atoms with Gasteiger partial charge in [0.2, 0.25) is 0 Å². The van der Waals surface area contributed by atoms with E-state index in [9.17, 15) is 25.7 Å². The monoisotopic (exact) mass is 464 g/mol. The standard InChI is InChI=1S/C22H25ClN2O5S/c23-12-7-5-11(6-8-12)17-13-3-1-2-4-15(13)25(22(31)14(17)9-24)21-20(29)19(28)18(27)16(10-26)30-21/h5-8,16-21,26-29,31H,1-4,10H2/t16-,17-,18+,19+,20-,21-/m1/s1. The number of hydrogen-bond donors (Lipinski definition) is 5. The molecule has 0 spiro atoms.